The maximum atomic E-state index is 10.9. The van der Waals surface area contributed by atoms with Crippen LogP contribution in [0.2, 0.25) is 0 Å². The van der Waals surface area contributed by atoms with Gasteiger partial charge in [-0.25, -0.2) is 0 Å². The normalized spacial score (nSPS) is 28.6. The molecule has 0 fully saturated rings. The van der Waals surface area contributed by atoms with E-state index in [1.807, 2.05) is 0 Å². The molecule has 2 unspecified atom stereocenters. The molecule has 0 radical (unpaired) electrons. The van der Waals surface area contributed by atoms with Crippen LogP contribution in [0, 0.1) is 5.92 Å². The maximum Gasteiger partial charge on any atom is 0.257 e. The van der Waals surface area contributed by atoms with E-state index in [1.54, 1.807) is 6.08 Å². The first-order valence-electron chi connectivity index (χ1n) is 2.92. The fourth-order valence-corrected chi connectivity index (χ4v) is 0.726. The third kappa shape index (κ3) is 2.30. The minimum atomic E-state index is -1.31. The van der Waals surface area contributed by atoms with Gasteiger partial charge in [0.2, 0.25) is 5.78 Å². The van der Waals surface area contributed by atoms with Crippen LogP contribution in [0.25, 0.3) is 0 Å². The van der Waals surface area contributed by atoms with Crippen molar-refractivity contribution in [1.29, 1.82) is 0 Å². The Balaban J connectivity index is 0.000001000. The lowest BCUT2D eigenvalue weighted by atomic mass is 10.0. The summed E-state index contributed by atoms with van der Waals surface area (Å²) in [5.41, 5.74) is 0. The lowest BCUT2D eigenvalue weighted by Gasteiger charge is -2.16. The number of aliphatic hydroxyl groups excluding tert-OH is 1. The molecule has 1 aliphatic rings. The van der Waals surface area contributed by atoms with Gasteiger partial charge in [0.15, 0.2) is 0 Å². The molecule has 1 heterocycles. The van der Waals surface area contributed by atoms with Crippen LogP contribution in [0.3, 0.4) is 0 Å². The van der Waals surface area contributed by atoms with Crippen molar-refractivity contribution in [2.24, 2.45) is 5.92 Å². The Kier molecular flexibility index (Phi) is 4.36. The predicted octanol–water partition coefficient (Wildman–Crippen LogP) is 0.838. The first kappa shape index (κ1) is 10.6. The molecule has 1 rings (SSSR count). The van der Waals surface area contributed by atoms with Crippen LogP contribution < -0.4 is 0 Å². The second-order valence-corrected chi connectivity index (χ2v) is 1.98. The van der Waals surface area contributed by atoms with Crippen molar-refractivity contribution in [2.45, 2.75) is 6.29 Å². The van der Waals surface area contributed by atoms with Gasteiger partial charge < -0.3 is 9.84 Å². The van der Waals surface area contributed by atoms with E-state index >= 15 is 0 Å². The number of hydrogen-bond acceptors (Lipinski definition) is 3. The summed E-state index contributed by atoms with van der Waals surface area (Å²) >= 11 is 0. The molecule has 0 aromatic heterocycles. The third-order valence-corrected chi connectivity index (χ3v) is 1.32. The third-order valence-electron chi connectivity index (χ3n) is 1.32. The van der Waals surface area contributed by atoms with Crippen molar-refractivity contribution in [2.75, 3.05) is 0 Å². The average Bonchev–Trinajstić information content (AvgIpc) is 1.95. The molecule has 62 valence electrons. The minimum absolute atomic E-state index is 0. The van der Waals surface area contributed by atoms with E-state index in [2.05, 4.69) is 11.3 Å². The molecule has 4 heteroatoms. The fraction of sp³-hybridized carbons (Fsp3) is 0.286. The fourth-order valence-electron chi connectivity index (χ4n) is 0.726. The van der Waals surface area contributed by atoms with Gasteiger partial charge in [-0.1, -0.05) is 6.08 Å². The van der Waals surface area contributed by atoms with Crippen LogP contribution in [-0.4, -0.2) is 17.2 Å². The summed E-state index contributed by atoms with van der Waals surface area (Å²) in [5.74, 6) is -0.763. The van der Waals surface area contributed by atoms with Crippen molar-refractivity contribution in [3.63, 3.8) is 0 Å². The number of rotatable bonds is 1. The smallest absolute Gasteiger partial charge is 0.257 e. The zero-order valence-electron chi connectivity index (χ0n) is 5.77. The minimum Gasteiger partial charge on any atom is -0.465 e. The Morgan fingerprint density at radius 3 is 2.82 bits per heavy atom. The van der Waals surface area contributed by atoms with Crippen LogP contribution in [0.4, 0.5) is 0 Å². The molecule has 0 bridgehead atoms. The summed E-state index contributed by atoms with van der Waals surface area (Å²) in [7, 11) is 0. The second-order valence-electron chi connectivity index (χ2n) is 1.98. The van der Waals surface area contributed by atoms with E-state index in [0.717, 1.165) is 0 Å². The quantitative estimate of drug-likeness (QED) is 0.566. The number of carbonyl (C=O) groups excluding carboxylic acids is 1. The topological polar surface area (TPSA) is 46.5 Å². The molecular weight excluding hydrogens is 259 g/mol. The van der Waals surface area contributed by atoms with E-state index in [0.29, 0.717) is 0 Å². The number of ketones is 1. The zero-order valence-corrected chi connectivity index (χ0v) is 8.10. The van der Waals surface area contributed by atoms with E-state index in [4.69, 9.17) is 5.11 Å². The molecule has 1 N–H and O–H groups in total. The number of carbonyl (C=O) groups is 1. The van der Waals surface area contributed by atoms with Gasteiger partial charge >= 0.3 is 0 Å². The highest BCUT2D eigenvalue weighted by Gasteiger charge is 2.24. The number of Topliss-reactive ketones (excluding diaryl/α,β-unsaturated/α-hetero) is 1. The van der Waals surface area contributed by atoms with Gasteiger partial charge in [-0.05, 0) is 6.08 Å². The number of ether oxygens (including phenoxy) is 1. The standard InChI is InChI=1S/C7H8O3.HI/c1-2-5-3-4-10-7(9)6(5)8;/h2-5,7,9H,1H2;1H. The largest absolute Gasteiger partial charge is 0.465 e. The molecule has 2 atom stereocenters. The molecule has 0 saturated carbocycles. The highest BCUT2D eigenvalue weighted by Crippen LogP contribution is 2.11. The molecule has 0 aromatic carbocycles. The summed E-state index contributed by atoms with van der Waals surface area (Å²) < 4.78 is 4.50. The van der Waals surface area contributed by atoms with Gasteiger partial charge in [0.1, 0.15) is 0 Å². The molecule has 0 spiro atoms. The van der Waals surface area contributed by atoms with Gasteiger partial charge in [0.25, 0.3) is 6.29 Å². The summed E-state index contributed by atoms with van der Waals surface area (Å²) in [6.07, 6.45) is 3.00. The Labute approximate surface area is 81.8 Å². The SMILES string of the molecule is C=CC1C=COC(O)C1=O.I. The average molecular weight is 268 g/mol. The number of allylic oxidation sites excluding steroid dienone is 2. The van der Waals surface area contributed by atoms with E-state index < -0.39 is 12.2 Å². The Morgan fingerprint density at radius 2 is 2.36 bits per heavy atom. The van der Waals surface area contributed by atoms with Gasteiger partial charge in [0.05, 0.1) is 12.2 Å². The molecular formula is C7H9IO3. The van der Waals surface area contributed by atoms with Crippen LogP contribution in [0.1, 0.15) is 0 Å². The molecule has 0 saturated heterocycles. The van der Waals surface area contributed by atoms with Crippen LogP contribution in [0.5, 0.6) is 0 Å². The van der Waals surface area contributed by atoms with Crippen molar-refractivity contribution >= 4 is 29.8 Å². The summed E-state index contributed by atoms with van der Waals surface area (Å²) in [4.78, 5) is 10.9. The van der Waals surface area contributed by atoms with Gasteiger partial charge in [-0.15, -0.1) is 30.6 Å². The van der Waals surface area contributed by atoms with Gasteiger partial charge in [-0.3, -0.25) is 4.79 Å². The summed E-state index contributed by atoms with van der Waals surface area (Å²) in [6, 6.07) is 0. The van der Waals surface area contributed by atoms with Crippen LogP contribution in [-0.2, 0) is 9.53 Å². The summed E-state index contributed by atoms with van der Waals surface area (Å²) in [5, 5.41) is 8.81. The molecule has 0 amide bonds. The lowest BCUT2D eigenvalue weighted by Crippen LogP contribution is -2.30. The molecule has 0 aliphatic carbocycles. The highest BCUT2D eigenvalue weighted by molar-refractivity contribution is 14.0. The molecule has 1 aliphatic heterocycles. The van der Waals surface area contributed by atoms with Crippen molar-refractivity contribution in [3.8, 4) is 0 Å². The van der Waals surface area contributed by atoms with Crippen LogP contribution >= 0.6 is 24.0 Å². The van der Waals surface area contributed by atoms with E-state index in [9.17, 15) is 4.79 Å². The number of hydrogen-bond donors (Lipinski definition) is 1. The lowest BCUT2D eigenvalue weighted by molar-refractivity contribution is -0.150. The van der Waals surface area contributed by atoms with Gasteiger partial charge in [-0.2, -0.15) is 0 Å². The predicted molar refractivity (Wildman–Crippen MR) is 50.3 cm³/mol. The zero-order chi connectivity index (χ0) is 7.56. The van der Waals surface area contributed by atoms with E-state index in [1.165, 1.54) is 12.3 Å². The number of aliphatic hydroxyl groups is 1. The maximum absolute atomic E-state index is 10.9. The van der Waals surface area contributed by atoms with E-state index in [-0.39, 0.29) is 29.8 Å². The highest BCUT2D eigenvalue weighted by atomic mass is 127. The summed E-state index contributed by atoms with van der Waals surface area (Å²) in [6.45, 7) is 3.43. The Bertz CT molecular complexity index is 188. The first-order chi connectivity index (χ1) is 4.75. The number of halogens is 1. The Hall–Kier alpha value is -0.360. The first-order valence-corrected chi connectivity index (χ1v) is 2.92. The van der Waals surface area contributed by atoms with Crippen molar-refractivity contribution in [1.82, 2.24) is 0 Å². The molecule has 0 aromatic rings. The molecule has 3 nitrogen and oxygen atoms in total. The monoisotopic (exact) mass is 268 g/mol. The van der Waals surface area contributed by atoms with Crippen molar-refractivity contribution in [3.05, 3.63) is 25.0 Å². The second kappa shape index (κ2) is 4.50. The van der Waals surface area contributed by atoms with Crippen molar-refractivity contribution < 1.29 is 14.6 Å². The molecule has 11 heavy (non-hydrogen) atoms. The van der Waals surface area contributed by atoms with Gasteiger partial charge in [0, 0.05) is 0 Å². The Morgan fingerprint density at radius 1 is 1.73 bits per heavy atom. The van der Waals surface area contributed by atoms with Crippen LogP contribution in [0.15, 0.2) is 25.0 Å².